The fraction of sp³-hybridized carbons (Fsp3) is 0.250. The number of hydrogen-bond donors (Lipinski definition) is 0. The predicted octanol–water partition coefficient (Wildman–Crippen LogP) is 6.06. The second-order valence-electron chi connectivity index (χ2n) is 8.48. The molecule has 3 aromatic rings. The monoisotopic (exact) mass is 475 g/mol. The summed E-state index contributed by atoms with van der Waals surface area (Å²) < 4.78 is 17.7. The van der Waals surface area contributed by atoms with Crippen molar-refractivity contribution in [1.82, 2.24) is 4.90 Å². The van der Waals surface area contributed by atoms with E-state index in [0.717, 1.165) is 51.7 Å². The standard InChI is InChI=1S/C28H26ClNO4/c1-3-32-21-10-8-19(9-11-21)15-25-27(31)26-18(2)14-24-22(28(26)34-25)16-30(17-33-24)13-12-20-6-4-5-7-23(20)29/h4-11,14-15H,3,12-13,16-17H2,1-2H3/b25-15-. The fourth-order valence-corrected chi connectivity index (χ4v) is 4.61. The second-order valence-corrected chi connectivity index (χ2v) is 8.89. The summed E-state index contributed by atoms with van der Waals surface area (Å²) in [6.07, 6.45) is 2.60. The Balaban J connectivity index is 1.37. The van der Waals surface area contributed by atoms with Crippen molar-refractivity contribution in [3.63, 3.8) is 0 Å². The van der Waals surface area contributed by atoms with Gasteiger partial charge in [-0.1, -0.05) is 41.9 Å². The van der Waals surface area contributed by atoms with E-state index < -0.39 is 0 Å². The molecular weight excluding hydrogens is 450 g/mol. The molecule has 0 atom stereocenters. The normalized spacial score (nSPS) is 16.1. The van der Waals surface area contributed by atoms with E-state index in [0.29, 0.717) is 37.0 Å². The first-order valence-electron chi connectivity index (χ1n) is 11.5. The maximum atomic E-state index is 13.2. The number of Topliss-reactive ketones (excluding diaryl/α,β-unsaturated/α-hetero) is 1. The van der Waals surface area contributed by atoms with Crippen LogP contribution in [0.15, 0.2) is 60.4 Å². The van der Waals surface area contributed by atoms with Gasteiger partial charge in [-0.2, -0.15) is 0 Å². The van der Waals surface area contributed by atoms with Gasteiger partial charge in [0.1, 0.15) is 24.0 Å². The Morgan fingerprint density at radius 3 is 2.71 bits per heavy atom. The van der Waals surface area contributed by atoms with Crippen molar-refractivity contribution in [1.29, 1.82) is 0 Å². The molecule has 6 heteroatoms. The van der Waals surface area contributed by atoms with Crippen LogP contribution in [-0.4, -0.2) is 30.6 Å². The maximum Gasteiger partial charge on any atom is 0.232 e. The van der Waals surface area contributed by atoms with Gasteiger partial charge in [-0.25, -0.2) is 0 Å². The van der Waals surface area contributed by atoms with Crippen LogP contribution in [0.25, 0.3) is 6.08 Å². The lowest BCUT2D eigenvalue weighted by Gasteiger charge is -2.30. The third-order valence-electron chi connectivity index (χ3n) is 6.13. The molecule has 0 bridgehead atoms. The highest BCUT2D eigenvalue weighted by Crippen LogP contribution is 2.44. The Kier molecular flexibility index (Phi) is 6.31. The van der Waals surface area contributed by atoms with E-state index in [4.69, 9.17) is 25.8 Å². The number of ketones is 1. The highest BCUT2D eigenvalue weighted by atomic mass is 35.5. The molecule has 174 valence electrons. The zero-order chi connectivity index (χ0) is 23.7. The molecule has 2 aliphatic heterocycles. The van der Waals surface area contributed by atoms with Gasteiger partial charge in [0.2, 0.25) is 5.78 Å². The van der Waals surface area contributed by atoms with Gasteiger partial charge in [-0.05, 0) is 67.3 Å². The number of hydrogen-bond acceptors (Lipinski definition) is 5. The smallest absolute Gasteiger partial charge is 0.232 e. The first-order chi connectivity index (χ1) is 16.5. The Morgan fingerprint density at radius 1 is 1.15 bits per heavy atom. The van der Waals surface area contributed by atoms with E-state index in [2.05, 4.69) is 4.90 Å². The number of carbonyl (C=O) groups excluding carboxylic acids is 1. The number of aryl methyl sites for hydroxylation is 1. The lowest BCUT2D eigenvalue weighted by Crippen LogP contribution is -2.34. The van der Waals surface area contributed by atoms with Gasteiger partial charge < -0.3 is 14.2 Å². The molecular formula is C28H26ClNO4. The van der Waals surface area contributed by atoms with E-state index in [1.807, 2.05) is 68.4 Å². The van der Waals surface area contributed by atoms with Gasteiger partial charge in [0.05, 0.1) is 17.7 Å². The Labute approximate surface area is 204 Å². The minimum absolute atomic E-state index is 0.0997. The molecule has 34 heavy (non-hydrogen) atoms. The molecule has 5 rings (SSSR count). The SMILES string of the molecule is CCOc1ccc(/C=C2\Oc3c4c(cc(C)c3C2=O)OCN(CCc2ccccc2Cl)C4)cc1. The minimum Gasteiger partial charge on any atom is -0.494 e. The average molecular weight is 476 g/mol. The number of ether oxygens (including phenoxy) is 3. The predicted molar refractivity (Wildman–Crippen MR) is 133 cm³/mol. The van der Waals surface area contributed by atoms with Crippen molar-refractivity contribution in [3.8, 4) is 17.2 Å². The third-order valence-corrected chi connectivity index (χ3v) is 6.50. The van der Waals surface area contributed by atoms with E-state index in [1.165, 1.54) is 0 Å². The second kappa shape index (κ2) is 9.53. The van der Waals surface area contributed by atoms with Gasteiger partial charge in [0.15, 0.2) is 5.76 Å². The Bertz CT molecular complexity index is 1270. The highest BCUT2D eigenvalue weighted by molar-refractivity contribution is 6.31. The van der Waals surface area contributed by atoms with Crippen molar-refractivity contribution in [2.45, 2.75) is 26.8 Å². The van der Waals surface area contributed by atoms with E-state index in [9.17, 15) is 4.79 Å². The van der Waals surface area contributed by atoms with Gasteiger partial charge >= 0.3 is 0 Å². The van der Waals surface area contributed by atoms with E-state index in [-0.39, 0.29) is 5.78 Å². The first kappa shape index (κ1) is 22.5. The molecule has 0 saturated carbocycles. The fourth-order valence-electron chi connectivity index (χ4n) is 4.38. The molecule has 0 spiro atoms. The number of benzene rings is 3. The number of fused-ring (bicyclic) bond motifs is 3. The highest BCUT2D eigenvalue weighted by Gasteiger charge is 2.35. The zero-order valence-electron chi connectivity index (χ0n) is 19.3. The van der Waals surface area contributed by atoms with Gasteiger partial charge in [-0.3, -0.25) is 9.69 Å². The number of carbonyl (C=O) groups is 1. The zero-order valence-corrected chi connectivity index (χ0v) is 20.0. The molecule has 0 aliphatic carbocycles. The van der Waals surface area contributed by atoms with Crippen molar-refractivity contribution in [2.24, 2.45) is 0 Å². The summed E-state index contributed by atoms with van der Waals surface area (Å²) in [6.45, 7) is 6.40. The summed E-state index contributed by atoms with van der Waals surface area (Å²) in [5.74, 6) is 2.41. The van der Waals surface area contributed by atoms with Crippen LogP contribution in [0.3, 0.4) is 0 Å². The summed E-state index contributed by atoms with van der Waals surface area (Å²) in [6, 6.07) is 17.4. The van der Waals surface area contributed by atoms with Crippen molar-refractivity contribution >= 4 is 23.5 Å². The molecule has 0 radical (unpaired) electrons. The maximum absolute atomic E-state index is 13.2. The first-order valence-corrected chi connectivity index (χ1v) is 11.8. The van der Waals surface area contributed by atoms with Crippen molar-refractivity contribution < 1.29 is 19.0 Å². The van der Waals surface area contributed by atoms with Crippen LogP contribution in [0.2, 0.25) is 5.02 Å². The average Bonchev–Trinajstić information content (AvgIpc) is 3.17. The number of nitrogens with zero attached hydrogens (tertiary/aromatic N) is 1. The summed E-state index contributed by atoms with van der Waals surface area (Å²) in [4.78, 5) is 15.4. The third kappa shape index (κ3) is 4.41. The molecule has 2 heterocycles. The van der Waals surface area contributed by atoms with Crippen LogP contribution in [0.1, 0.15) is 39.5 Å². The van der Waals surface area contributed by atoms with E-state index in [1.54, 1.807) is 6.08 Å². The van der Waals surface area contributed by atoms with Crippen LogP contribution >= 0.6 is 11.6 Å². The molecule has 0 unspecified atom stereocenters. The van der Waals surface area contributed by atoms with Crippen molar-refractivity contribution in [2.75, 3.05) is 19.9 Å². The van der Waals surface area contributed by atoms with Gasteiger partial charge in [0.25, 0.3) is 0 Å². The number of rotatable bonds is 6. The molecule has 5 nitrogen and oxygen atoms in total. The largest absolute Gasteiger partial charge is 0.494 e. The summed E-state index contributed by atoms with van der Waals surface area (Å²) >= 11 is 6.32. The molecule has 0 amide bonds. The van der Waals surface area contributed by atoms with Crippen LogP contribution in [0, 0.1) is 6.92 Å². The Hall–Kier alpha value is -3.28. The van der Waals surface area contributed by atoms with Gasteiger partial charge in [-0.15, -0.1) is 0 Å². The Morgan fingerprint density at radius 2 is 1.94 bits per heavy atom. The van der Waals surface area contributed by atoms with Gasteiger partial charge in [0, 0.05) is 18.1 Å². The molecule has 0 aromatic heterocycles. The summed E-state index contributed by atoms with van der Waals surface area (Å²) in [5.41, 5.74) is 4.38. The topological polar surface area (TPSA) is 48.0 Å². The van der Waals surface area contributed by atoms with Crippen LogP contribution in [-0.2, 0) is 13.0 Å². The van der Waals surface area contributed by atoms with Crippen LogP contribution < -0.4 is 14.2 Å². The lowest BCUT2D eigenvalue weighted by molar-refractivity contribution is 0.0949. The molecule has 0 saturated heterocycles. The molecule has 0 N–H and O–H groups in total. The van der Waals surface area contributed by atoms with Crippen LogP contribution in [0.4, 0.5) is 0 Å². The molecule has 0 fully saturated rings. The minimum atomic E-state index is -0.0997. The quantitative estimate of drug-likeness (QED) is 0.406. The van der Waals surface area contributed by atoms with E-state index >= 15 is 0 Å². The lowest BCUT2D eigenvalue weighted by atomic mass is 9.98. The van der Waals surface area contributed by atoms with Crippen LogP contribution in [0.5, 0.6) is 17.2 Å². The van der Waals surface area contributed by atoms with Crippen molar-refractivity contribution in [3.05, 3.63) is 93.2 Å². The number of halogens is 1. The molecule has 2 aliphatic rings. The molecule has 3 aromatic carbocycles. The summed E-state index contributed by atoms with van der Waals surface area (Å²) in [7, 11) is 0. The summed E-state index contributed by atoms with van der Waals surface area (Å²) in [5, 5.41) is 0.773. The number of allylic oxidation sites excluding steroid dienone is 1.